The lowest BCUT2D eigenvalue weighted by Crippen LogP contribution is -2.16. The lowest BCUT2D eigenvalue weighted by Gasteiger charge is -2.18. The smallest absolute Gasteiger partial charge is 0.221 e. The molecular weight excluding hydrogens is 176 g/mol. The van der Waals surface area contributed by atoms with Crippen LogP contribution in [-0.4, -0.2) is 10.9 Å². The fourth-order valence-corrected chi connectivity index (χ4v) is 1.20. The Morgan fingerprint density at radius 2 is 2.07 bits per heavy atom. The molecule has 0 aliphatic rings. The first-order valence-electron chi connectivity index (χ1n) is 4.62. The van der Waals surface area contributed by atoms with E-state index in [0.717, 1.165) is 11.1 Å². The molecule has 3 nitrogen and oxygen atoms in total. The molecule has 0 bridgehead atoms. The molecule has 3 heteroatoms. The molecular formula is C11H16N2O. The molecule has 76 valence electrons. The van der Waals surface area contributed by atoms with E-state index in [2.05, 4.69) is 25.8 Å². The highest BCUT2D eigenvalue weighted by molar-refractivity contribution is 5.76. The number of pyridine rings is 1. The average molecular weight is 192 g/mol. The average Bonchev–Trinajstić information content (AvgIpc) is 2.01. The number of primary amides is 1. The lowest BCUT2D eigenvalue weighted by atomic mass is 9.87. The van der Waals surface area contributed by atoms with Crippen LogP contribution in [0.5, 0.6) is 0 Å². The minimum Gasteiger partial charge on any atom is -0.369 e. The van der Waals surface area contributed by atoms with E-state index >= 15 is 0 Å². The number of nitrogens with two attached hydrogens (primary N) is 1. The predicted octanol–water partition coefficient (Wildman–Crippen LogP) is 1.41. The molecule has 0 fully saturated rings. The fourth-order valence-electron chi connectivity index (χ4n) is 1.20. The van der Waals surface area contributed by atoms with E-state index in [1.54, 1.807) is 6.20 Å². The monoisotopic (exact) mass is 192 g/mol. The third-order valence-corrected chi connectivity index (χ3v) is 2.04. The maximum Gasteiger partial charge on any atom is 0.221 e. The summed E-state index contributed by atoms with van der Waals surface area (Å²) < 4.78 is 0. The maximum absolute atomic E-state index is 10.7. The summed E-state index contributed by atoms with van der Waals surface area (Å²) in [6.45, 7) is 6.33. The zero-order valence-electron chi connectivity index (χ0n) is 8.87. The standard InChI is InChI=1S/C11H16N2O/c1-11(2,3)9-4-8(5-10(12)14)6-13-7-9/h4,6-7H,5H2,1-3H3,(H2,12,14). The molecule has 0 unspecified atom stereocenters. The summed E-state index contributed by atoms with van der Waals surface area (Å²) in [7, 11) is 0. The Balaban J connectivity index is 2.95. The highest BCUT2D eigenvalue weighted by Gasteiger charge is 2.14. The van der Waals surface area contributed by atoms with Gasteiger partial charge in [0.15, 0.2) is 0 Å². The van der Waals surface area contributed by atoms with Crippen molar-refractivity contribution < 1.29 is 4.79 Å². The van der Waals surface area contributed by atoms with Gasteiger partial charge in [-0.2, -0.15) is 0 Å². The van der Waals surface area contributed by atoms with Gasteiger partial charge in [0, 0.05) is 12.4 Å². The molecule has 0 aromatic carbocycles. The maximum atomic E-state index is 10.7. The van der Waals surface area contributed by atoms with Gasteiger partial charge < -0.3 is 5.73 Å². The van der Waals surface area contributed by atoms with E-state index in [1.165, 1.54) is 0 Å². The van der Waals surface area contributed by atoms with Crippen molar-refractivity contribution in [2.24, 2.45) is 5.73 Å². The summed E-state index contributed by atoms with van der Waals surface area (Å²) in [5.74, 6) is -0.321. The normalized spacial score (nSPS) is 11.4. The molecule has 0 saturated carbocycles. The first-order valence-corrected chi connectivity index (χ1v) is 4.62. The van der Waals surface area contributed by atoms with Crippen LogP contribution in [-0.2, 0) is 16.6 Å². The van der Waals surface area contributed by atoms with Gasteiger partial charge in [0.2, 0.25) is 5.91 Å². The zero-order chi connectivity index (χ0) is 10.8. The molecule has 1 heterocycles. The quantitative estimate of drug-likeness (QED) is 0.770. The molecule has 14 heavy (non-hydrogen) atoms. The summed E-state index contributed by atoms with van der Waals surface area (Å²) in [5, 5.41) is 0. The second-order valence-electron chi connectivity index (χ2n) is 4.47. The van der Waals surface area contributed by atoms with E-state index in [1.807, 2.05) is 12.3 Å². The van der Waals surface area contributed by atoms with Gasteiger partial charge >= 0.3 is 0 Å². The molecule has 1 rings (SSSR count). The van der Waals surface area contributed by atoms with Crippen LogP contribution < -0.4 is 5.73 Å². The van der Waals surface area contributed by atoms with E-state index in [-0.39, 0.29) is 17.7 Å². The van der Waals surface area contributed by atoms with Gasteiger partial charge in [0.05, 0.1) is 6.42 Å². The molecule has 2 N–H and O–H groups in total. The summed E-state index contributed by atoms with van der Waals surface area (Å²) >= 11 is 0. The van der Waals surface area contributed by atoms with Crippen LogP contribution >= 0.6 is 0 Å². The molecule has 0 radical (unpaired) electrons. The second-order valence-corrected chi connectivity index (χ2v) is 4.47. The van der Waals surface area contributed by atoms with E-state index < -0.39 is 0 Å². The minimum atomic E-state index is -0.321. The molecule has 1 aromatic heterocycles. The highest BCUT2D eigenvalue weighted by Crippen LogP contribution is 2.21. The number of carbonyl (C=O) groups is 1. The van der Waals surface area contributed by atoms with Crippen LogP contribution in [0.1, 0.15) is 31.9 Å². The zero-order valence-corrected chi connectivity index (χ0v) is 8.87. The lowest BCUT2D eigenvalue weighted by molar-refractivity contribution is -0.117. The number of amides is 1. The van der Waals surface area contributed by atoms with Crippen molar-refractivity contribution in [2.45, 2.75) is 32.6 Å². The van der Waals surface area contributed by atoms with Crippen molar-refractivity contribution in [3.8, 4) is 0 Å². The summed E-state index contributed by atoms with van der Waals surface area (Å²) in [5.41, 5.74) is 7.17. The van der Waals surface area contributed by atoms with Crippen molar-refractivity contribution >= 4 is 5.91 Å². The minimum absolute atomic E-state index is 0.0562. The van der Waals surface area contributed by atoms with Crippen LogP contribution in [0.2, 0.25) is 0 Å². The van der Waals surface area contributed by atoms with Crippen LogP contribution in [0.15, 0.2) is 18.5 Å². The Morgan fingerprint density at radius 3 is 2.57 bits per heavy atom. The third-order valence-electron chi connectivity index (χ3n) is 2.04. The van der Waals surface area contributed by atoms with Crippen LogP contribution in [0.4, 0.5) is 0 Å². The van der Waals surface area contributed by atoms with Gasteiger partial charge in [-0.05, 0) is 16.5 Å². The largest absolute Gasteiger partial charge is 0.369 e. The van der Waals surface area contributed by atoms with E-state index in [0.29, 0.717) is 0 Å². The van der Waals surface area contributed by atoms with Gasteiger partial charge in [-0.25, -0.2) is 0 Å². The molecule has 0 aliphatic carbocycles. The molecule has 0 saturated heterocycles. The van der Waals surface area contributed by atoms with Crippen molar-refractivity contribution in [1.82, 2.24) is 4.98 Å². The third kappa shape index (κ3) is 2.83. The summed E-state index contributed by atoms with van der Waals surface area (Å²) in [6, 6.07) is 1.98. The SMILES string of the molecule is CC(C)(C)c1cncc(CC(N)=O)c1. The fraction of sp³-hybridized carbons (Fsp3) is 0.455. The first-order chi connectivity index (χ1) is 6.39. The van der Waals surface area contributed by atoms with Crippen molar-refractivity contribution in [3.05, 3.63) is 29.6 Å². The Labute approximate surface area is 84.3 Å². The van der Waals surface area contributed by atoms with Gasteiger partial charge in [-0.1, -0.05) is 26.8 Å². The van der Waals surface area contributed by atoms with Crippen molar-refractivity contribution in [2.75, 3.05) is 0 Å². The highest BCUT2D eigenvalue weighted by atomic mass is 16.1. The predicted molar refractivity (Wildman–Crippen MR) is 55.8 cm³/mol. The number of rotatable bonds is 2. The van der Waals surface area contributed by atoms with Crippen LogP contribution in [0.25, 0.3) is 0 Å². The molecule has 0 atom stereocenters. The van der Waals surface area contributed by atoms with Gasteiger partial charge in [0.25, 0.3) is 0 Å². The van der Waals surface area contributed by atoms with Crippen molar-refractivity contribution in [3.63, 3.8) is 0 Å². The Hall–Kier alpha value is -1.38. The van der Waals surface area contributed by atoms with Crippen LogP contribution in [0, 0.1) is 0 Å². The Kier molecular flexibility index (Phi) is 2.89. The Morgan fingerprint density at radius 1 is 1.43 bits per heavy atom. The number of hydrogen-bond donors (Lipinski definition) is 1. The molecule has 0 spiro atoms. The topological polar surface area (TPSA) is 56.0 Å². The van der Waals surface area contributed by atoms with Gasteiger partial charge in [0.1, 0.15) is 0 Å². The van der Waals surface area contributed by atoms with E-state index in [4.69, 9.17) is 5.73 Å². The molecule has 0 aliphatic heterocycles. The number of carbonyl (C=O) groups excluding carboxylic acids is 1. The number of aromatic nitrogens is 1. The van der Waals surface area contributed by atoms with Crippen molar-refractivity contribution in [1.29, 1.82) is 0 Å². The van der Waals surface area contributed by atoms with Gasteiger partial charge in [-0.3, -0.25) is 9.78 Å². The second kappa shape index (κ2) is 3.78. The van der Waals surface area contributed by atoms with E-state index in [9.17, 15) is 4.79 Å². The summed E-state index contributed by atoms with van der Waals surface area (Å²) in [4.78, 5) is 14.8. The number of nitrogens with zero attached hydrogens (tertiary/aromatic N) is 1. The first kappa shape index (κ1) is 10.7. The summed E-state index contributed by atoms with van der Waals surface area (Å²) in [6.07, 6.45) is 3.77. The van der Waals surface area contributed by atoms with Gasteiger partial charge in [-0.15, -0.1) is 0 Å². The molecule has 1 amide bonds. The Bertz CT molecular complexity index is 339. The molecule has 1 aromatic rings. The van der Waals surface area contributed by atoms with Crippen LogP contribution in [0.3, 0.4) is 0 Å². The number of hydrogen-bond acceptors (Lipinski definition) is 2.